The molecule has 6 nitrogen and oxygen atoms in total. The first-order chi connectivity index (χ1) is 19.3. The fourth-order valence-electron chi connectivity index (χ4n) is 11.5. The zero-order chi connectivity index (χ0) is 29.4. The van der Waals surface area contributed by atoms with Crippen molar-refractivity contribution in [2.75, 3.05) is 6.54 Å². The Morgan fingerprint density at radius 1 is 1.07 bits per heavy atom. The fraction of sp³-hybridized carbons (Fsp3) is 0.800. The third kappa shape index (κ3) is 4.45. The third-order valence-corrected chi connectivity index (χ3v) is 13.5. The number of aliphatic hydroxyl groups is 2. The van der Waals surface area contributed by atoms with Crippen molar-refractivity contribution in [3.8, 4) is 0 Å². The summed E-state index contributed by atoms with van der Waals surface area (Å²) in [6, 6.07) is 10.1. The second-order valence-electron chi connectivity index (χ2n) is 15.8. The van der Waals surface area contributed by atoms with Gasteiger partial charge in [0.15, 0.2) is 0 Å². The number of benzene rings is 1. The Hall–Kier alpha value is -1.47. The summed E-state index contributed by atoms with van der Waals surface area (Å²) < 4.78 is 6.85. The van der Waals surface area contributed by atoms with Gasteiger partial charge in [-0.3, -0.25) is 4.79 Å². The summed E-state index contributed by atoms with van der Waals surface area (Å²) in [6.45, 7) is 12.0. The summed E-state index contributed by atoms with van der Waals surface area (Å²) in [5.41, 5.74) is 7.99. The molecule has 11 atom stereocenters. The highest BCUT2D eigenvalue weighted by atomic mass is 16.5. The average molecular weight is 567 g/mol. The second-order valence-corrected chi connectivity index (χ2v) is 15.8. The predicted octanol–water partition coefficient (Wildman–Crippen LogP) is 5.29. The Labute approximate surface area is 247 Å². The summed E-state index contributed by atoms with van der Waals surface area (Å²) in [5, 5.41) is 23.2. The third-order valence-electron chi connectivity index (χ3n) is 13.5. The maximum absolute atomic E-state index is 12.7. The number of hydrogen-bond donors (Lipinski definition) is 3. The normalized spacial score (nSPS) is 46.8. The van der Waals surface area contributed by atoms with Gasteiger partial charge < -0.3 is 25.6 Å². The van der Waals surface area contributed by atoms with E-state index in [1.165, 1.54) is 6.42 Å². The number of carbonyl (C=O) groups excluding carboxylic acids is 1. The number of fused-ring (bicyclic) bond motifs is 5. The topological polar surface area (TPSA) is 96.0 Å². The number of carbonyl (C=O) groups is 1. The van der Waals surface area contributed by atoms with Crippen molar-refractivity contribution in [2.24, 2.45) is 45.7 Å². The monoisotopic (exact) mass is 566 g/mol. The summed E-state index contributed by atoms with van der Waals surface area (Å²) in [7, 11) is 0. The Balaban J connectivity index is 1.26. The van der Waals surface area contributed by atoms with Crippen molar-refractivity contribution in [3.63, 3.8) is 0 Å². The molecule has 1 spiro atoms. The van der Waals surface area contributed by atoms with E-state index in [0.717, 1.165) is 56.9 Å². The van der Waals surface area contributed by atoms with Crippen LogP contribution in [0.1, 0.15) is 98.0 Å². The van der Waals surface area contributed by atoms with Crippen molar-refractivity contribution in [1.82, 2.24) is 4.90 Å². The van der Waals surface area contributed by atoms with E-state index >= 15 is 0 Å². The van der Waals surface area contributed by atoms with Crippen molar-refractivity contribution in [3.05, 3.63) is 35.9 Å². The predicted molar refractivity (Wildman–Crippen MR) is 161 cm³/mol. The molecule has 6 heteroatoms. The van der Waals surface area contributed by atoms with Crippen LogP contribution >= 0.6 is 0 Å². The molecule has 0 aromatic heterocycles. The maximum Gasteiger partial charge on any atom is 0.219 e. The molecular formula is C35H54N2O4. The van der Waals surface area contributed by atoms with Crippen LogP contribution in [0.3, 0.4) is 0 Å². The molecular weight excluding hydrogens is 512 g/mol. The Kier molecular flexibility index (Phi) is 7.45. The molecule has 1 aliphatic heterocycles. The molecule has 1 amide bonds. The molecule has 41 heavy (non-hydrogen) atoms. The van der Waals surface area contributed by atoms with Crippen LogP contribution in [-0.2, 0) is 16.1 Å². The van der Waals surface area contributed by atoms with Gasteiger partial charge in [-0.25, -0.2) is 0 Å². The van der Waals surface area contributed by atoms with Gasteiger partial charge in [0.05, 0.1) is 30.0 Å². The van der Waals surface area contributed by atoms with Crippen molar-refractivity contribution in [1.29, 1.82) is 0 Å². The van der Waals surface area contributed by atoms with Gasteiger partial charge in [0.25, 0.3) is 0 Å². The number of amides is 1. The maximum atomic E-state index is 12.7. The largest absolute Gasteiger partial charge is 0.393 e. The summed E-state index contributed by atoms with van der Waals surface area (Å²) in [5.74, 6) is 1.35. The van der Waals surface area contributed by atoms with Gasteiger partial charge in [0, 0.05) is 20.0 Å². The second kappa shape index (κ2) is 10.3. The Morgan fingerprint density at radius 3 is 2.51 bits per heavy atom. The van der Waals surface area contributed by atoms with E-state index in [-0.39, 0.29) is 52.3 Å². The van der Waals surface area contributed by atoms with E-state index in [4.69, 9.17) is 10.5 Å². The molecule has 5 aliphatic rings. The van der Waals surface area contributed by atoms with Crippen molar-refractivity contribution in [2.45, 2.75) is 129 Å². The number of nitrogens with two attached hydrogens (primary N) is 1. The Bertz CT molecular complexity index is 1130. The van der Waals surface area contributed by atoms with Crippen LogP contribution in [0.15, 0.2) is 30.3 Å². The van der Waals surface area contributed by atoms with Gasteiger partial charge >= 0.3 is 0 Å². The Morgan fingerprint density at radius 2 is 1.80 bits per heavy atom. The quantitative estimate of drug-likeness (QED) is 0.460. The van der Waals surface area contributed by atoms with E-state index in [1.807, 2.05) is 23.1 Å². The van der Waals surface area contributed by atoms with Crippen LogP contribution in [0.25, 0.3) is 0 Å². The molecule has 1 aromatic rings. The summed E-state index contributed by atoms with van der Waals surface area (Å²) >= 11 is 0. The minimum atomic E-state index is -0.721. The van der Waals surface area contributed by atoms with Crippen LogP contribution in [-0.4, -0.2) is 57.5 Å². The fourth-order valence-corrected chi connectivity index (χ4v) is 11.5. The van der Waals surface area contributed by atoms with Crippen LogP contribution in [0, 0.1) is 39.9 Å². The molecule has 4 N–H and O–H groups in total. The summed E-state index contributed by atoms with van der Waals surface area (Å²) in [4.78, 5) is 14.6. The van der Waals surface area contributed by atoms with Crippen LogP contribution in [0.5, 0.6) is 0 Å². The lowest BCUT2D eigenvalue weighted by Gasteiger charge is -2.63. The highest BCUT2D eigenvalue weighted by Crippen LogP contribution is 2.69. The standard InChI is InChI=1S/C35H54N2O4/c1-22-18-26(21-37(23(2)38)20-24-10-7-6-8-11-24)41-30-29(22)33(5)15-9-16-34-17-14-28(39)32(3,4)27(34)13-12-25(19-34)35(33,36)31(30)40/h6-8,10-11,22,25-31,39-40H,9,12-21,36H2,1-5H3/t22-,25?,26?,27+,28?,29+,30?,31+,33?,34?,35+/m1/s1. The van der Waals surface area contributed by atoms with Gasteiger partial charge in [-0.1, -0.05) is 64.4 Å². The zero-order valence-electron chi connectivity index (χ0n) is 26.0. The molecule has 5 fully saturated rings. The molecule has 6 rings (SSSR count). The van der Waals surface area contributed by atoms with Crippen molar-refractivity contribution >= 4 is 5.91 Å². The molecule has 2 bridgehead atoms. The molecule has 6 unspecified atom stereocenters. The van der Waals surface area contributed by atoms with Crippen LogP contribution < -0.4 is 5.73 Å². The van der Waals surface area contributed by atoms with Gasteiger partial charge in [0.1, 0.15) is 0 Å². The lowest BCUT2D eigenvalue weighted by atomic mass is 9.43. The molecule has 228 valence electrons. The number of hydrogen-bond acceptors (Lipinski definition) is 5. The van der Waals surface area contributed by atoms with E-state index in [2.05, 4.69) is 39.8 Å². The first-order valence-corrected chi connectivity index (χ1v) is 16.4. The lowest BCUT2D eigenvalue weighted by Crippen LogP contribution is -2.67. The molecule has 1 aromatic carbocycles. The first-order valence-electron chi connectivity index (χ1n) is 16.4. The minimum Gasteiger partial charge on any atom is -0.393 e. The van der Waals surface area contributed by atoms with Crippen LogP contribution in [0.4, 0.5) is 0 Å². The molecule has 4 saturated carbocycles. The molecule has 4 aliphatic carbocycles. The SMILES string of the molecule is CC(=O)N(Cc1ccccc1)CC1C[C@@H](C)[C@H]2C(O1)[C@H](O)[C@@]1(N)C3CC[C@@H]4C(CCCC21C)(CCC(O)C4(C)C)C3. The molecule has 0 radical (unpaired) electrons. The lowest BCUT2D eigenvalue weighted by molar-refractivity contribution is -0.160. The number of aliphatic hydroxyl groups excluding tert-OH is 2. The zero-order valence-corrected chi connectivity index (χ0v) is 26.0. The van der Waals surface area contributed by atoms with Crippen molar-refractivity contribution < 1.29 is 19.7 Å². The average Bonchev–Trinajstić information content (AvgIpc) is 3.09. The molecule has 1 heterocycles. The van der Waals surface area contributed by atoms with E-state index in [1.54, 1.807) is 6.92 Å². The highest BCUT2D eigenvalue weighted by molar-refractivity contribution is 5.73. The smallest absolute Gasteiger partial charge is 0.219 e. The van der Waals surface area contributed by atoms with Gasteiger partial charge in [-0.05, 0) is 96.8 Å². The van der Waals surface area contributed by atoms with Gasteiger partial charge in [-0.15, -0.1) is 0 Å². The van der Waals surface area contributed by atoms with E-state index < -0.39 is 11.6 Å². The highest BCUT2D eigenvalue weighted by Gasteiger charge is 2.72. The number of ether oxygens (including phenoxy) is 1. The minimum absolute atomic E-state index is 0.0469. The van der Waals surface area contributed by atoms with E-state index in [9.17, 15) is 15.0 Å². The van der Waals surface area contributed by atoms with Crippen LogP contribution in [0.2, 0.25) is 0 Å². The first kappa shape index (κ1) is 29.6. The number of rotatable bonds is 4. The van der Waals surface area contributed by atoms with Gasteiger partial charge in [-0.2, -0.15) is 0 Å². The number of nitrogens with zero attached hydrogens (tertiary/aromatic N) is 1. The van der Waals surface area contributed by atoms with Gasteiger partial charge in [0.2, 0.25) is 5.91 Å². The van der Waals surface area contributed by atoms with E-state index in [0.29, 0.717) is 24.9 Å². The summed E-state index contributed by atoms with van der Waals surface area (Å²) in [6.07, 6.45) is 7.93. The molecule has 1 saturated heterocycles.